The Morgan fingerprint density at radius 2 is 1.90 bits per heavy atom. The molecule has 0 spiro atoms. The zero-order valence-electron chi connectivity index (χ0n) is 13.6. The first-order valence-electron chi connectivity index (χ1n) is 8.38. The predicted molar refractivity (Wildman–Crippen MR) is 84.1 cm³/mol. The van der Waals surface area contributed by atoms with Crippen molar-refractivity contribution < 1.29 is 4.74 Å². The van der Waals surface area contributed by atoms with Crippen LogP contribution in [0.25, 0.3) is 0 Å². The number of hydrogen-bond acceptors (Lipinski definition) is 4. The molecule has 4 heteroatoms. The molecule has 2 rings (SSSR count). The molecule has 0 radical (unpaired) electrons. The van der Waals surface area contributed by atoms with E-state index < -0.39 is 0 Å². The molecular formula is C16H33N3O. The summed E-state index contributed by atoms with van der Waals surface area (Å²) in [6, 6.07) is 0. The Kier molecular flexibility index (Phi) is 6.75. The van der Waals surface area contributed by atoms with Crippen molar-refractivity contribution >= 4 is 0 Å². The average molecular weight is 283 g/mol. The van der Waals surface area contributed by atoms with Crippen LogP contribution in [0.1, 0.15) is 26.7 Å². The number of nitrogens with zero attached hydrogens (tertiary/aromatic N) is 2. The maximum atomic E-state index is 5.97. The summed E-state index contributed by atoms with van der Waals surface area (Å²) >= 11 is 0. The summed E-state index contributed by atoms with van der Waals surface area (Å²) in [5.74, 6) is 1.63. The van der Waals surface area contributed by atoms with Gasteiger partial charge in [-0.2, -0.15) is 0 Å². The third-order valence-electron chi connectivity index (χ3n) is 4.51. The van der Waals surface area contributed by atoms with E-state index in [0.29, 0.717) is 6.10 Å². The Hall–Kier alpha value is -0.160. The molecule has 0 aromatic carbocycles. The molecule has 2 aliphatic rings. The van der Waals surface area contributed by atoms with E-state index in [1.807, 2.05) is 0 Å². The summed E-state index contributed by atoms with van der Waals surface area (Å²) < 4.78 is 5.97. The number of piperidine rings is 1. The molecule has 0 aliphatic carbocycles. The Bertz CT molecular complexity index is 264. The van der Waals surface area contributed by atoms with E-state index >= 15 is 0 Å². The standard InChI is InChI=1S/C16H33N3O/c1-14(2)11-19-8-9-20-16(13-19)12-18-6-4-15(5-7-18)10-17-3/h14-17H,4-13H2,1-3H3. The highest BCUT2D eigenvalue weighted by molar-refractivity contribution is 4.79. The number of morpholine rings is 1. The fourth-order valence-corrected chi connectivity index (χ4v) is 3.52. The highest BCUT2D eigenvalue weighted by Crippen LogP contribution is 2.18. The van der Waals surface area contributed by atoms with Gasteiger partial charge in [0.25, 0.3) is 0 Å². The van der Waals surface area contributed by atoms with Gasteiger partial charge in [0, 0.05) is 26.2 Å². The van der Waals surface area contributed by atoms with E-state index in [0.717, 1.165) is 38.1 Å². The van der Waals surface area contributed by atoms with Crippen molar-refractivity contribution in [2.24, 2.45) is 11.8 Å². The van der Waals surface area contributed by atoms with Crippen LogP contribution in [0.2, 0.25) is 0 Å². The largest absolute Gasteiger partial charge is 0.374 e. The van der Waals surface area contributed by atoms with Crippen LogP contribution in [0.3, 0.4) is 0 Å². The number of likely N-dealkylation sites (tertiary alicyclic amines) is 1. The van der Waals surface area contributed by atoms with Crippen LogP contribution in [0.4, 0.5) is 0 Å². The van der Waals surface area contributed by atoms with E-state index in [9.17, 15) is 0 Å². The number of hydrogen-bond donors (Lipinski definition) is 1. The molecule has 2 heterocycles. The maximum Gasteiger partial charge on any atom is 0.0829 e. The number of nitrogens with one attached hydrogen (secondary N) is 1. The van der Waals surface area contributed by atoms with Crippen molar-refractivity contribution in [2.45, 2.75) is 32.8 Å². The van der Waals surface area contributed by atoms with Crippen molar-refractivity contribution in [1.82, 2.24) is 15.1 Å². The monoisotopic (exact) mass is 283 g/mol. The van der Waals surface area contributed by atoms with Gasteiger partial charge in [0.15, 0.2) is 0 Å². The van der Waals surface area contributed by atoms with Gasteiger partial charge in [0.1, 0.15) is 0 Å². The molecule has 2 fully saturated rings. The van der Waals surface area contributed by atoms with Crippen molar-refractivity contribution in [3.8, 4) is 0 Å². The lowest BCUT2D eigenvalue weighted by Crippen LogP contribution is -2.49. The number of rotatable bonds is 6. The Labute approximate surface area is 124 Å². The molecule has 1 N–H and O–H groups in total. The van der Waals surface area contributed by atoms with Gasteiger partial charge in [-0.3, -0.25) is 4.90 Å². The predicted octanol–water partition coefficient (Wildman–Crippen LogP) is 1.27. The topological polar surface area (TPSA) is 27.7 Å². The molecule has 0 saturated carbocycles. The highest BCUT2D eigenvalue weighted by atomic mass is 16.5. The number of ether oxygens (including phenoxy) is 1. The summed E-state index contributed by atoms with van der Waals surface area (Å²) in [5.41, 5.74) is 0. The Morgan fingerprint density at radius 1 is 1.15 bits per heavy atom. The lowest BCUT2D eigenvalue weighted by molar-refractivity contribution is -0.0492. The fraction of sp³-hybridized carbons (Fsp3) is 1.00. The fourth-order valence-electron chi connectivity index (χ4n) is 3.52. The summed E-state index contributed by atoms with van der Waals surface area (Å²) in [6.07, 6.45) is 3.09. The summed E-state index contributed by atoms with van der Waals surface area (Å²) in [5, 5.41) is 3.31. The molecule has 118 valence electrons. The zero-order valence-corrected chi connectivity index (χ0v) is 13.6. The van der Waals surface area contributed by atoms with Crippen molar-refractivity contribution in [3.05, 3.63) is 0 Å². The minimum atomic E-state index is 0.420. The first-order chi connectivity index (χ1) is 9.67. The van der Waals surface area contributed by atoms with Gasteiger partial charge in [-0.15, -0.1) is 0 Å². The zero-order chi connectivity index (χ0) is 14.4. The van der Waals surface area contributed by atoms with Crippen LogP contribution >= 0.6 is 0 Å². The molecule has 1 atom stereocenters. The third-order valence-corrected chi connectivity index (χ3v) is 4.51. The SMILES string of the molecule is CNCC1CCN(CC2CN(CC(C)C)CCO2)CC1. The summed E-state index contributed by atoms with van der Waals surface area (Å²) in [6.45, 7) is 13.8. The molecule has 1 unspecified atom stereocenters. The molecule has 4 nitrogen and oxygen atoms in total. The van der Waals surface area contributed by atoms with Crippen LogP contribution in [-0.2, 0) is 4.74 Å². The van der Waals surface area contributed by atoms with Crippen LogP contribution in [0.15, 0.2) is 0 Å². The van der Waals surface area contributed by atoms with Gasteiger partial charge in [0.2, 0.25) is 0 Å². The van der Waals surface area contributed by atoms with Crippen molar-refractivity contribution in [1.29, 1.82) is 0 Å². The van der Waals surface area contributed by atoms with Crippen molar-refractivity contribution in [2.75, 3.05) is 59.5 Å². The summed E-state index contributed by atoms with van der Waals surface area (Å²) in [4.78, 5) is 5.18. The first kappa shape index (κ1) is 16.2. The normalized spacial score (nSPS) is 27.3. The quantitative estimate of drug-likeness (QED) is 0.795. The van der Waals surface area contributed by atoms with Gasteiger partial charge in [-0.25, -0.2) is 0 Å². The minimum absolute atomic E-state index is 0.420. The molecule has 2 saturated heterocycles. The third kappa shape index (κ3) is 5.32. The lowest BCUT2D eigenvalue weighted by Gasteiger charge is -2.38. The second-order valence-electron chi connectivity index (χ2n) is 6.95. The van der Waals surface area contributed by atoms with Crippen LogP contribution in [0, 0.1) is 11.8 Å². The highest BCUT2D eigenvalue weighted by Gasteiger charge is 2.25. The molecule has 0 aromatic heterocycles. The van der Waals surface area contributed by atoms with Crippen LogP contribution in [0.5, 0.6) is 0 Å². The second-order valence-corrected chi connectivity index (χ2v) is 6.95. The van der Waals surface area contributed by atoms with Crippen LogP contribution in [-0.4, -0.2) is 75.4 Å². The maximum absolute atomic E-state index is 5.97. The van der Waals surface area contributed by atoms with Gasteiger partial charge in [-0.1, -0.05) is 13.8 Å². The molecule has 20 heavy (non-hydrogen) atoms. The van der Waals surface area contributed by atoms with Gasteiger partial charge in [-0.05, 0) is 51.4 Å². The van der Waals surface area contributed by atoms with Crippen LogP contribution < -0.4 is 5.32 Å². The molecule has 0 amide bonds. The second kappa shape index (κ2) is 8.32. The lowest BCUT2D eigenvalue weighted by atomic mass is 9.96. The molecule has 2 aliphatic heterocycles. The van der Waals surface area contributed by atoms with Gasteiger partial charge >= 0.3 is 0 Å². The smallest absolute Gasteiger partial charge is 0.0829 e. The minimum Gasteiger partial charge on any atom is -0.374 e. The van der Waals surface area contributed by atoms with E-state index in [-0.39, 0.29) is 0 Å². The molecule has 0 aromatic rings. The summed E-state index contributed by atoms with van der Waals surface area (Å²) in [7, 11) is 2.06. The molecular weight excluding hydrogens is 250 g/mol. The van der Waals surface area contributed by atoms with E-state index in [1.54, 1.807) is 0 Å². The average Bonchev–Trinajstić information content (AvgIpc) is 2.41. The van der Waals surface area contributed by atoms with Gasteiger partial charge in [0.05, 0.1) is 12.7 Å². The Balaban J connectivity index is 1.68. The van der Waals surface area contributed by atoms with Crippen molar-refractivity contribution in [3.63, 3.8) is 0 Å². The Morgan fingerprint density at radius 3 is 2.55 bits per heavy atom. The van der Waals surface area contributed by atoms with E-state index in [1.165, 1.54) is 39.0 Å². The van der Waals surface area contributed by atoms with E-state index in [2.05, 4.69) is 36.0 Å². The molecule has 0 bridgehead atoms. The van der Waals surface area contributed by atoms with E-state index in [4.69, 9.17) is 4.74 Å². The van der Waals surface area contributed by atoms with Gasteiger partial charge < -0.3 is 15.0 Å². The first-order valence-corrected chi connectivity index (χ1v) is 8.38.